The molecule has 25 heavy (non-hydrogen) atoms. The van der Waals surface area contributed by atoms with Crippen molar-refractivity contribution in [3.63, 3.8) is 0 Å². The van der Waals surface area contributed by atoms with E-state index in [-0.39, 0.29) is 34.3 Å². The van der Waals surface area contributed by atoms with Gasteiger partial charge < -0.3 is 10.6 Å². The Morgan fingerprint density at radius 3 is 1.76 bits per heavy atom. The van der Waals surface area contributed by atoms with Crippen LogP contribution in [0.5, 0.6) is 0 Å². The number of rotatable bonds is 8. The second-order valence-corrected chi connectivity index (χ2v) is 9.78. The van der Waals surface area contributed by atoms with Crippen molar-refractivity contribution in [3.8, 4) is 0 Å². The van der Waals surface area contributed by atoms with Crippen LogP contribution in [-0.2, 0) is 14.4 Å². The molecule has 0 fully saturated rings. The van der Waals surface area contributed by atoms with E-state index in [0.717, 1.165) is 6.42 Å². The standard InChI is InChI=1S/C20H38N2O3/c1-13(2)17(22-16(24)10-11-19(4,5)6)18(25)21-14(3)15(23)12-20(7,8)9/h13-14,17H,10-12H2,1-9H3,(H,21,25)(H,22,24)/t14-,17-/m0/s1. The van der Waals surface area contributed by atoms with Crippen LogP contribution in [0.1, 0.15) is 81.6 Å². The van der Waals surface area contributed by atoms with Crippen LogP contribution < -0.4 is 10.6 Å². The predicted molar refractivity (Wildman–Crippen MR) is 102 cm³/mol. The molecule has 0 aliphatic rings. The van der Waals surface area contributed by atoms with E-state index in [2.05, 4.69) is 31.4 Å². The second-order valence-electron chi connectivity index (χ2n) is 9.78. The Labute approximate surface area is 153 Å². The molecule has 0 aromatic carbocycles. The Bertz CT molecular complexity index is 470. The van der Waals surface area contributed by atoms with Crippen LogP contribution in [0.4, 0.5) is 0 Å². The van der Waals surface area contributed by atoms with E-state index in [1.54, 1.807) is 6.92 Å². The number of hydrogen-bond donors (Lipinski definition) is 2. The molecule has 0 aliphatic carbocycles. The summed E-state index contributed by atoms with van der Waals surface area (Å²) in [6.07, 6.45) is 1.54. The van der Waals surface area contributed by atoms with Crippen molar-refractivity contribution in [2.45, 2.75) is 93.7 Å². The molecule has 0 rings (SSSR count). The largest absolute Gasteiger partial charge is 0.345 e. The highest BCUT2D eigenvalue weighted by Gasteiger charge is 2.28. The Balaban J connectivity index is 4.74. The highest BCUT2D eigenvalue weighted by molar-refractivity contribution is 5.92. The lowest BCUT2D eigenvalue weighted by Crippen LogP contribution is -2.53. The molecule has 2 amide bonds. The average Bonchev–Trinajstić information content (AvgIpc) is 2.39. The van der Waals surface area contributed by atoms with Gasteiger partial charge in [0.1, 0.15) is 6.04 Å². The van der Waals surface area contributed by atoms with Gasteiger partial charge >= 0.3 is 0 Å². The Morgan fingerprint density at radius 1 is 0.840 bits per heavy atom. The molecule has 5 nitrogen and oxygen atoms in total. The van der Waals surface area contributed by atoms with Crippen LogP contribution in [-0.4, -0.2) is 29.7 Å². The van der Waals surface area contributed by atoms with E-state index in [1.165, 1.54) is 0 Å². The van der Waals surface area contributed by atoms with Gasteiger partial charge in [-0.3, -0.25) is 14.4 Å². The first-order valence-electron chi connectivity index (χ1n) is 9.25. The zero-order valence-electron chi connectivity index (χ0n) is 17.6. The molecule has 2 atom stereocenters. The molecule has 2 N–H and O–H groups in total. The number of hydrogen-bond acceptors (Lipinski definition) is 3. The minimum Gasteiger partial charge on any atom is -0.345 e. The molecular weight excluding hydrogens is 316 g/mol. The summed E-state index contributed by atoms with van der Waals surface area (Å²) in [5.41, 5.74) is -0.0461. The van der Waals surface area contributed by atoms with Crippen molar-refractivity contribution in [1.29, 1.82) is 0 Å². The Morgan fingerprint density at radius 2 is 1.36 bits per heavy atom. The third-order valence-corrected chi connectivity index (χ3v) is 3.91. The van der Waals surface area contributed by atoms with Crippen molar-refractivity contribution < 1.29 is 14.4 Å². The lowest BCUT2D eigenvalue weighted by atomic mass is 9.88. The highest BCUT2D eigenvalue weighted by atomic mass is 16.2. The third-order valence-electron chi connectivity index (χ3n) is 3.91. The van der Waals surface area contributed by atoms with Gasteiger partial charge in [-0.2, -0.15) is 0 Å². The smallest absolute Gasteiger partial charge is 0.243 e. The van der Waals surface area contributed by atoms with Gasteiger partial charge in [0.25, 0.3) is 0 Å². The molecule has 146 valence electrons. The maximum absolute atomic E-state index is 12.5. The molecule has 5 heteroatoms. The molecule has 0 aromatic rings. The van der Waals surface area contributed by atoms with Crippen LogP contribution in [0.25, 0.3) is 0 Å². The van der Waals surface area contributed by atoms with Crippen LogP contribution in [0, 0.1) is 16.7 Å². The van der Waals surface area contributed by atoms with Crippen molar-refractivity contribution in [3.05, 3.63) is 0 Å². The van der Waals surface area contributed by atoms with E-state index in [9.17, 15) is 14.4 Å². The van der Waals surface area contributed by atoms with Crippen molar-refractivity contribution in [1.82, 2.24) is 10.6 Å². The first kappa shape index (κ1) is 23.6. The monoisotopic (exact) mass is 354 g/mol. The number of amides is 2. The molecule has 0 aromatic heterocycles. The van der Waals surface area contributed by atoms with E-state index in [4.69, 9.17) is 0 Å². The molecule has 0 aliphatic heterocycles. The summed E-state index contributed by atoms with van der Waals surface area (Å²) in [5, 5.41) is 5.58. The first-order chi connectivity index (χ1) is 11.1. The number of carbonyl (C=O) groups is 3. The topological polar surface area (TPSA) is 75.3 Å². The lowest BCUT2D eigenvalue weighted by molar-refractivity contribution is -0.132. The van der Waals surface area contributed by atoms with Gasteiger partial charge in [0, 0.05) is 12.8 Å². The zero-order valence-corrected chi connectivity index (χ0v) is 17.6. The van der Waals surface area contributed by atoms with E-state index < -0.39 is 12.1 Å². The van der Waals surface area contributed by atoms with E-state index in [1.807, 2.05) is 34.6 Å². The van der Waals surface area contributed by atoms with E-state index in [0.29, 0.717) is 12.8 Å². The van der Waals surface area contributed by atoms with Gasteiger partial charge in [0.2, 0.25) is 11.8 Å². The summed E-state index contributed by atoms with van der Waals surface area (Å²) in [7, 11) is 0. The van der Waals surface area contributed by atoms with Crippen molar-refractivity contribution >= 4 is 17.6 Å². The summed E-state index contributed by atoms with van der Waals surface area (Å²) in [6.45, 7) is 17.7. The predicted octanol–water partition coefficient (Wildman–Crippen LogP) is 3.46. The molecular formula is C20H38N2O3. The van der Waals surface area contributed by atoms with Gasteiger partial charge in [0.15, 0.2) is 5.78 Å². The normalized spacial score (nSPS) is 14.8. The van der Waals surface area contributed by atoms with Gasteiger partial charge in [-0.05, 0) is 30.1 Å². The lowest BCUT2D eigenvalue weighted by Gasteiger charge is -2.26. The van der Waals surface area contributed by atoms with Crippen LogP contribution >= 0.6 is 0 Å². The maximum atomic E-state index is 12.5. The number of ketones is 1. The SMILES string of the molecule is CC(C)[C@H](NC(=O)CCC(C)(C)C)C(=O)N[C@@H](C)C(=O)CC(C)(C)C. The van der Waals surface area contributed by atoms with Crippen LogP contribution in [0.3, 0.4) is 0 Å². The number of carbonyl (C=O) groups excluding carboxylic acids is 3. The summed E-state index contributed by atoms with van der Waals surface area (Å²) in [4.78, 5) is 36.9. The van der Waals surface area contributed by atoms with Crippen molar-refractivity contribution in [2.24, 2.45) is 16.7 Å². The molecule has 0 unspecified atom stereocenters. The fraction of sp³-hybridized carbons (Fsp3) is 0.850. The molecule has 0 saturated carbocycles. The summed E-state index contributed by atoms with van der Waals surface area (Å²) < 4.78 is 0. The second kappa shape index (κ2) is 9.35. The van der Waals surface area contributed by atoms with Crippen molar-refractivity contribution in [2.75, 3.05) is 0 Å². The Hall–Kier alpha value is -1.39. The quantitative estimate of drug-likeness (QED) is 0.701. The fourth-order valence-corrected chi connectivity index (χ4v) is 2.33. The van der Waals surface area contributed by atoms with Crippen LogP contribution in [0.15, 0.2) is 0 Å². The summed E-state index contributed by atoms with van der Waals surface area (Å²) in [5.74, 6) is -0.475. The van der Waals surface area contributed by atoms with Gasteiger partial charge in [0.05, 0.1) is 6.04 Å². The van der Waals surface area contributed by atoms with Gasteiger partial charge in [-0.1, -0.05) is 55.4 Å². The number of nitrogens with one attached hydrogen (secondary N) is 2. The molecule has 0 radical (unpaired) electrons. The summed E-state index contributed by atoms with van der Waals surface area (Å²) in [6, 6.07) is -1.18. The average molecular weight is 355 g/mol. The molecule has 0 bridgehead atoms. The highest BCUT2D eigenvalue weighted by Crippen LogP contribution is 2.21. The molecule has 0 saturated heterocycles. The minimum absolute atomic E-state index is 0.00224. The molecule has 0 spiro atoms. The minimum atomic E-state index is -0.627. The van der Waals surface area contributed by atoms with Gasteiger partial charge in [-0.25, -0.2) is 0 Å². The summed E-state index contributed by atoms with van der Waals surface area (Å²) >= 11 is 0. The van der Waals surface area contributed by atoms with E-state index >= 15 is 0 Å². The van der Waals surface area contributed by atoms with Gasteiger partial charge in [-0.15, -0.1) is 0 Å². The number of Topliss-reactive ketones (excluding diaryl/α,β-unsaturated/α-hetero) is 1. The van der Waals surface area contributed by atoms with Crippen LogP contribution in [0.2, 0.25) is 0 Å². The fourth-order valence-electron chi connectivity index (χ4n) is 2.33. The maximum Gasteiger partial charge on any atom is 0.243 e. The third kappa shape index (κ3) is 11.0. The molecule has 0 heterocycles. The zero-order chi connectivity index (χ0) is 20.0. The Kier molecular flexibility index (Phi) is 8.83. The first-order valence-corrected chi connectivity index (χ1v) is 9.25.